The molecule has 0 radical (unpaired) electrons. The Morgan fingerprint density at radius 2 is 2.29 bits per heavy atom. The van der Waals surface area contributed by atoms with Gasteiger partial charge in [-0.3, -0.25) is 0 Å². The Bertz CT molecular complexity index is 297. The molecule has 0 saturated carbocycles. The van der Waals surface area contributed by atoms with Crippen molar-refractivity contribution in [1.82, 2.24) is 5.32 Å². The molecule has 0 spiro atoms. The molecule has 0 amide bonds. The van der Waals surface area contributed by atoms with Gasteiger partial charge in [-0.05, 0) is 11.6 Å². The summed E-state index contributed by atoms with van der Waals surface area (Å²) in [5.41, 5.74) is 1.17. The van der Waals surface area contributed by atoms with Gasteiger partial charge in [0.1, 0.15) is 0 Å². The molecule has 0 bridgehead atoms. The zero-order valence-electron chi connectivity index (χ0n) is 8.00. The van der Waals surface area contributed by atoms with Crippen LogP contribution in [0, 0.1) is 0 Å². The second-order valence-electron chi connectivity index (χ2n) is 3.49. The van der Waals surface area contributed by atoms with Crippen molar-refractivity contribution in [3.05, 3.63) is 34.9 Å². The normalized spacial score (nSPS) is 22.2. The molecule has 1 aromatic rings. The van der Waals surface area contributed by atoms with E-state index < -0.39 is 0 Å². The van der Waals surface area contributed by atoms with Crippen LogP contribution in [0.1, 0.15) is 5.56 Å². The monoisotopic (exact) mass is 211 g/mol. The van der Waals surface area contributed by atoms with Gasteiger partial charge in [-0.2, -0.15) is 0 Å². The van der Waals surface area contributed by atoms with Crippen molar-refractivity contribution in [3.63, 3.8) is 0 Å². The molecular formula is C11H14ClNO. The molecule has 0 unspecified atom stereocenters. The fourth-order valence-electron chi connectivity index (χ4n) is 1.66. The first-order chi connectivity index (χ1) is 6.86. The van der Waals surface area contributed by atoms with Crippen molar-refractivity contribution >= 4 is 11.6 Å². The van der Waals surface area contributed by atoms with Crippen molar-refractivity contribution in [2.45, 2.75) is 12.5 Å². The molecule has 1 atom stereocenters. The van der Waals surface area contributed by atoms with Crippen LogP contribution in [0.4, 0.5) is 0 Å². The Balaban J connectivity index is 1.99. The van der Waals surface area contributed by atoms with Gasteiger partial charge in [0.15, 0.2) is 0 Å². The van der Waals surface area contributed by atoms with Crippen LogP contribution in [0.15, 0.2) is 24.3 Å². The fraction of sp³-hybridized carbons (Fsp3) is 0.455. The Morgan fingerprint density at radius 3 is 3.00 bits per heavy atom. The molecular weight excluding hydrogens is 198 g/mol. The Hall–Kier alpha value is -0.570. The summed E-state index contributed by atoms with van der Waals surface area (Å²) in [6.07, 6.45) is 1.16. The molecule has 76 valence electrons. The summed E-state index contributed by atoms with van der Waals surface area (Å²) in [6.45, 7) is 2.68. The van der Waals surface area contributed by atoms with E-state index in [0.717, 1.165) is 31.1 Å². The number of ether oxygens (including phenoxy) is 1. The highest BCUT2D eigenvalue weighted by Crippen LogP contribution is 2.17. The van der Waals surface area contributed by atoms with Gasteiger partial charge in [-0.1, -0.05) is 29.8 Å². The van der Waals surface area contributed by atoms with Crippen molar-refractivity contribution in [3.8, 4) is 0 Å². The van der Waals surface area contributed by atoms with E-state index in [-0.39, 0.29) is 6.10 Å². The molecule has 1 aliphatic heterocycles. The van der Waals surface area contributed by atoms with Crippen molar-refractivity contribution in [1.29, 1.82) is 0 Å². The van der Waals surface area contributed by atoms with Gasteiger partial charge in [-0.25, -0.2) is 0 Å². The lowest BCUT2D eigenvalue weighted by atomic mass is 10.1. The highest BCUT2D eigenvalue weighted by atomic mass is 35.5. The first-order valence-electron chi connectivity index (χ1n) is 4.92. The van der Waals surface area contributed by atoms with Gasteiger partial charge >= 0.3 is 0 Å². The van der Waals surface area contributed by atoms with Crippen molar-refractivity contribution in [2.24, 2.45) is 0 Å². The van der Waals surface area contributed by atoms with Crippen LogP contribution in [0.5, 0.6) is 0 Å². The number of morpholine rings is 1. The lowest BCUT2D eigenvalue weighted by Gasteiger charge is -2.23. The highest BCUT2D eigenvalue weighted by Gasteiger charge is 2.14. The molecule has 3 heteroatoms. The van der Waals surface area contributed by atoms with Crippen LogP contribution < -0.4 is 5.32 Å². The predicted molar refractivity (Wildman–Crippen MR) is 57.8 cm³/mol. The number of benzene rings is 1. The zero-order valence-corrected chi connectivity index (χ0v) is 8.76. The summed E-state index contributed by atoms with van der Waals surface area (Å²) in [6, 6.07) is 7.94. The Labute approximate surface area is 89.2 Å². The van der Waals surface area contributed by atoms with E-state index in [4.69, 9.17) is 16.3 Å². The van der Waals surface area contributed by atoms with Gasteiger partial charge in [0.25, 0.3) is 0 Å². The number of halogens is 1. The Morgan fingerprint density at radius 1 is 1.43 bits per heavy atom. The van der Waals surface area contributed by atoms with Gasteiger partial charge in [0, 0.05) is 24.5 Å². The Kier molecular flexibility index (Phi) is 3.40. The third kappa shape index (κ3) is 2.47. The lowest BCUT2D eigenvalue weighted by molar-refractivity contribution is 0.0292. The van der Waals surface area contributed by atoms with Crippen molar-refractivity contribution in [2.75, 3.05) is 19.7 Å². The van der Waals surface area contributed by atoms with E-state index in [1.54, 1.807) is 0 Å². The standard InChI is InChI=1S/C11H14ClNO/c12-11-4-2-1-3-9(11)7-10-8-13-5-6-14-10/h1-4,10,13H,5-8H2/t10-/m1/s1. The molecule has 2 nitrogen and oxygen atoms in total. The van der Waals surface area contributed by atoms with Crippen LogP contribution in [0.3, 0.4) is 0 Å². The maximum Gasteiger partial charge on any atom is 0.0740 e. The summed E-state index contributed by atoms with van der Waals surface area (Å²) in [5, 5.41) is 4.14. The molecule has 1 N–H and O–H groups in total. The lowest BCUT2D eigenvalue weighted by Crippen LogP contribution is -2.39. The number of hydrogen-bond acceptors (Lipinski definition) is 2. The van der Waals surface area contributed by atoms with E-state index in [9.17, 15) is 0 Å². The molecule has 1 saturated heterocycles. The maximum atomic E-state index is 6.07. The highest BCUT2D eigenvalue weighted by molar-refractivity contribution is 6.31. The summed E-state index contributed by atoms with van der Waals surface area (Å²) < 4.78 is 5.62. The molecule has 14 heavy (non-hydrogen) atoms. The molecule has 0 aliphatic carbocycles. The molecule has 1 aromatic carbocycles. The summed E-state index contributed by atoms with van der Waals surface area (Å²) in [7, 11) is 0. The van der Waals surface area contributed by atoms with Crippen LogP contribution in [-0.2, 0) is 11.2 Å². The average Bonchev–Trinajstić information content (AvgIpc) is 2.23. The largest absolute Gasteiger partial charge is 0.375 e. The summed E-state index contributed by atoms with van der Waals surface area (Å²) in [5.74, 6) is 0. The second-order valence-corrected chi connectivity index (χ2v) is 3.90. The maximum absolute atomic E-state index is 6.07. The first kappa shape index (κ1) is 9.97. The number of rotatable bonds is 2. The minimum atomic E-state index is 0.267. The fourth-order valence-corrected chi connectivity index (χ4v) is 1.87. The summed E-state index contributed by atoms with van der Waals surface area (Å²) in [4.78, 5) is 0. The van der Waals surface area contributed by atoms with Crippen LogP contribution >= 0.6 is 11.6 Å². The minimum absolute atomic E-state index is 0.267. The van der Waals surface area contributed by atoms with E-state index in [2.05, 4.69) is 11.4 Å². The smallest absolute Gasteiger partial charge is 0.0740 e. The summed E-state index contributed by atoms with van der Waals surface area (Å²) >= 11 is 6.07. The van der Waals surface area contributed by atoms with Gasteiger partial charge in [0.2, 0.25) is 0 Å². The van der Waals surface area contributed by atoms with Crippen LogP contribution in [-0.4, -0.2) is 25.8 Å². The molecule has 2 rings (SSSR count). The average molecular weight is 212 g/mol. The number of hydrogen-bond donors (Lipinski definition) is 1. The van der Waals surface area contributed by atoms with Gasteiger partial charge in [0.05, 0.1) is 12.7 Å². The van der Waals surface area contributed by atoms with Gasteiger partial charge < -0.3 is 10.1 Å². The third-order valence-electron chi connectivity index (χ3n) is 2.41. The minimum Gasteiger partial charge on any atom is -0.375 e. The second kappa shape index (κ2) is 4.78. The molecule has 1 fully saturated rings. The molecule has 1 aliphatic rings. The van der Waals surface area contributed by atoms with E-state index in [0.29, 0.717) is 0 Å². The van der Waals surface area contributed by atoms with Crippen molar-refractivity contribution < 1.29 is 4.74 Å². The third-order valence-corrected chi connectivity index (χ3v) is 2.78. The topological polar surface area (TPSA) is 21.3 Å². The SMILES string of the molecule is Clc1ccccc1C[C@@H]1CNCCO1. The zero-order chi connectivity index (χ0) is 9.80. The first-order valence-corrected chi connectivity index (χ1v) is 5.30. The molecule has 0 aromatic heterocycles. The number of nitrogens with one attached hydrogen (secondary N) is 1. The molecule has 1 heterocycles. The predicted octanol–water partition coefficient (Wildman–Crippen LogP) is 1.87. The van der Waals surface area contributed by atoms with E-state index >= 15 is 0 Å². The van der Waals surface area contributed by atoms with E-state index in [1.165, 1.54) is 5.56 Å². The quantitative estimate of drug-likeness (QED) is 0.807. The van der Waals surface area contributed by atoms with Crippen LogP contribution in [0.25, 0.3) is 0 Å². The van der Waals surface area contributed by atoms with Gasteiger partial charge in [-0.15, -0.1) is 0 Å². The van der Waals surface area contributed by atoms with Crippen LogP contribution in [0.2, 0.25) is 5.02 Å². The van der Waals surface area contributed by atoms with E-state index in [1.807, 2.05) is 18.2 Å².